The van der Waals surface area contributed by atoms with E-state index in [4.69, 9.17) is 5.73 Å². The number of hydrogen-bond donors (Lipinski definition) is 2. The van der Waals surface area contributed by atoms with Gasteiger partial charge in [0.15, 0.2) is 0 Å². The van der Waals surface area contributed by atoms with Crippen molar-refractivity contribution in [1.82, 2.24) is 5.32 Å². The smallest absolute Gasteiger partial charge is 0.0182 e. The number of hydrogen-bond acceptors (Lipinski definition) is 4. The van der Waals surface area contributed by atoms with Gasteiger partial charge in [0.2, 0.25) is 0 Å². The second kappa shape index (κ2) is 8.17. The lowest BCUT2D eigenvalue weighted by molar-refractivity contribution is 0.730. The van der Waals surface area contributed by atoms with Crippen molar-refractivity contribution in [3.63, 3.8) is 0 Å². The van der Waals surface area contributed by atoms with E-state index in [0.717, 1.165) is 25.4 Å². The maximum atomic E-state index is 5.36. The van der Waals surface area contributed by atoms with Crippen molar-refractivity contribution in [1.29, 1.82) is 0 Å². The van der Waals surface area contributed by atoms with Gasteiger partial charge in [-0.15, -0.1) is 0 Å². The molecule has 0 aliphatic carbocycles. The van der Waals surface area contributed by atoms with E-state index in [1.165, 1.54) is 4.90 Å². The largest absolute Gasteiger partial charge is 0.329 e. The first-order valence-corrected chi connectivity index (χ1v) is 7.00. The van der Waals surface area contributed by atoms with E-state index in [0.29, 0.717) is 0 Å². The van der Waals surface area contributed by atoms with Gasteiger partial charge in [-0.05, 0) is 12.1 Å². The molecule has 0 amide bonds. The number of nitrogens with one attached hydrogen (secondary N) is 1. The van der Waals surface area contributed by atoms with Gasteiger partial charge in [-0.3, -0.25) is 0 Å². The second-order valence-corrected chi connectivity index (χ2v) is 5.25. The summed E-state index contributed by atoms with van der Waals surface area (Å²) in [6, 6.07) is 10.4. The lowest BCUT2D eigenvalue weighted by Crippen LogP contribution is -2.24. The van der Waals surface area contributed by atoms with Crippen LogP contribution in [0.2, 0.25) is 0 Å². The summed E-state index contributed by atoms with van der Waals surface area (Å²) in [6.45, 7) is 2.66. The Labute approximate surface area is 93.4 Å². The van der Waals surface area contributed by atoms with Crippen LogP contribution in [0.15, 0.2) is 35.2 Å². The van der Waals surface area contributed by atoms with Gasteiger partial charge in [0, 0.05) is 30.3 Å². The average molecular weight is 228 g/mol. The van der Waals surface area contributed by atoms with Crippen molar-refractivity contribution in [3.05, 3.63) is 30.3 Å². The van der Waals surface area contributed by atoms with Crippen LogP contribution in [0.25, 0.3) is 0 Å². The topological polar surface area (TPSA) is 38.0 Å². The van der Waals surface area contributed by atoms with Crippen molar-refractivity contribution < 1.29 is 0 Å². The molecule has 0 heterocycles. The van der Waals surface area contributed by atoms with E-state index < -0.39 is 0 Å². The van der Waals surface area contributed by atoms with Crippen LogP contribution >= 0.6 is 21.6 Å². The molecule has 1 aromatic carbocycles. The zero-order chi connectivity index (χ0) is 10.1. The summed E-state index contributed by atoms with van der Waals surface area (Å²) in [7, 11) is 3.69. The predicted octanol–water partition coefficient (Wildman–Crippen LogP) is 1.98. The van der Waals surface area contributed by atoms with E-state index in [1.54, 1.807) is 0 Å². The highest BCUT2D eigenvalue weighted by atomic mass is 33.1. The monoisotopic (exact) mass is 228 g/mol. The molecule has 0 atom stereocenters. The summed E-state index contributed by atoms with van der Waals surface area (Å²) in [6.07, 6.45) is 0. The molecule has 1 rings (SSSR count). The average Bonchev–Trinajstić information content (AvgIpc) is 2.25. The Balaban J connectivity index is 1.99. The Morgan fingerprint density at radius 2 is 1.93 bits per heavy atom. The van der Waals surface area contributed by atoms with Gasteiger partial charge in [0.25, 0.3) is 0 Å². The van der Waals surface area contributed by atoms with E-state index in [9.17, 15) is 0 Å². The molecule has 78 valence electrons. The van der Waals surface area contributed by atoms with Crippen LogP contribution in [0, 0.1) is 0 Å². The molecule has 0 aromatic heterocycles. The maximum absolute atomic E-state index is 5.36. The fourth-order valence-corrected chi connectivity index (χ4v) is 2.88. The number of nitrogens with two attached hydrogens (primary N) is 1. The van der Waals surface area contributed by atoms with Crippen LogP contribution < -0.4 is 11.1 Å². The predicted molar refractivity (Wildman–Crippen MR) is 66.7 cm³/mol. The molecule has 0 unspecified atom stereocenters. The molecule has 0 radical (unpaired) electrons. The van der Waals surface area contributed by atoms with Gasteiger partial charge in [-0.25, -0.2) is 0 Å². The molecule has 1 aromatic rings. The molecular formula is C10H16N2S2. The molecule has 0 bridgehead atoms. The Kier molecular flexibility index (Phi) is 6.95. The van der Waals surface area contributed by atoms with Crippen LogP contribution in [0.5, 0.6) is 0 Å². The van der Waals surface area contributed by atoms with Gasteiger partial charge in [0.05, 0.1) is 0 Å². The molecule has 0 aliphatic rings. The number of benzene rings is 1. The lowest BCUT2D eigenvalue weighted by atomic mass is 10.4. The fraction of sp³-hybridized carbons (Fsp3) is 0.400. The van der Waals surface area contributed by atoms with Crippen molar-refractivity contribution >= 4 is 21.6 Å². The minimum atomic E-state index is 0.719. The van der Waals surface area contributed by atoms with Gasteiger partial charge >= 0.3 is 0 Å². The third-order valence-electron chi connectivity index (χ3n) is 1.58. The lowest BCUT2D eigenvalue weighted by Gasteiger charge is -2.02. The Morgan fingerprint density at radius 1 is 1.14 bits per heavy atom. The Morgan fingerprint density at radius 3 is 2.64 bits per heavy atom. The third kappa shape index (κ3) is 5.54. The zero-order valence-electron chi connectivity index (χ0n) is 8.11. The summed E-state index contributed by atoms with van der Waals surface area (Å²) in [5.74, 6) is 1.11. The Bertz CT molecular complexity index is 229. The van der Waals surface area contributed by atoms with Crippen molar-refractivity contribution in [3.8, 4) is 0 Å². The first-order valence-electron chi connectivity index (χ1n) is 4.69. The molecule has 4 heteroatoms. The number of rotatable bonds is 7. The van der Waals surface area contributed by atoms with E-state index in [-0.39, 0.29) is 0 Å². The van der Waals surface area contributed by atoms with Gasteiger partial charge in [0.1, 0.15) is 0 Å². The van der Waals surface area contributed by atoms with E-state index in [1.807, 2.05) is 27.7 Å². The summed E-state index contributed by atoms with van der Waals surface area (Å²) in [5.41, 5.74) is 5.36. The molecular weight excluding hydrogens is 212 g/mol. The normalized spacial score (nSPS) is 10.4. The Hall–Kier alpha value is -0.160. The molecule has 3 N–H and O–H groups in total. The van der Waals surface area contributed by atoms with Crippen LogP contribution in [-0.4, -0.2) is 25.4 Å². The van der Waals surface area contributed by atoms with Gasteiger partial charge < -0.3 is 11.1 Å². The quantitative estimate of drug-likeness (QED) is 0.553. The van der Waals surface area contributed by atoms with Crippen LogP contribution in [0.3, 0.4) is 0 Å². The summed E-state index contributed by atoms with van der Waals surface area (Å²) in [4.78, 5) is 1.32. The molecule has 0 spiro atoms. The van der Waals surface area contributed by atoms with Crippen molar-refractivity contribution in [2.24, 2.45) is 5.73 Å². The third-order valence-corrected chi connectivity index (χ3v) is 3.97. The van der Waals surface area contributed by atoms with Gasteiger partial charge in [-0.1, -0.05) is 39.8 Å². The van der Waals surface area contributed by atoms with E-state index >= 15 is 0 Å². The van der Waals surface area contributed by atoms with Crippen molar-refractivity contribution in [2.45, 2.75) is 4.90 Å². The second-order valence-electron chi connectivity index (χ2n) is 2.76. The fourth-order valence-electron chi connectivity index (χ4n) is 0.927. The first kappa shape index (κ1) is 11.9. The zero-order valence-corrected chi connectivity index (χ0v) is 9.74. The maximum Gasteiger partial charge on any atom is 0.0182 e. The molecule has 0 fully saturated rings. The highest BCUT2D eigenvalue weighted by Gasteiger charge is 1.92. The molecule has 0 aliphatic heterocycles. The molecule has 0 saturated heterocycles. The minimum Gasteiger partial charge on any atom is -0.329 e. The van der Waals surface area contributed by atoms with Crippen molar-refractivity contribution in [2.75, 3.05) is 25.4 Å². The van der Waals surface area contributed by atoms with Crippen LogP contribution in [0.4, 0.5) is 0 Å². The van der Waals surface area contributed by atoms with Crippen LogP contribution in [0.1, 0.15) is 0 Å². The molecule has 0 saturated carbocycles. The SMILES string of the molecule is NCCNCCSSc1ccccc1. The highest BCUT2D eigenvalue weighted by Crippen LogP contribution is 2.29. The molecule has 14 heavy (non-hydrogen) atoms. The highest BCUT2D eigenvalue weighted by molar-refractivity contribution is 8.76. The first-order chi connectivity index (χ1) is 6.93. The minimum absolute atomic E-state index is 0.719. The van der Waals surface area contributed by atoms with E-state index in [2.05, 4.69) is 29.6 Å². The van der Waals surface area contributed by atoms with Crippen LogP contribution in [-0.2, 0) is 0 Å². The summed E-state index contributed by atoms with van der Waals surface area (Å²) in [5, 5.41) is 3.26. The summed E-state index contributed by atoms with van der Waals surface area (Å²) >= 11 is 0. The summed E-state index contributed by atoms with van der Waals surface area (Å²) < 4.78 is 0. The standard InChI is InChI=1S/C10H16N2S2/c11-6-7-12-8-9-13-14-10-4-2-1-3-5-10/h1-5,12H,6-9,11H2. The van der Waals surface area contributed by atoms with Gasteiger partial charge in [-0.2, -0.15) is 0 Å². The molecule has 2 nitrogen and oxygen atoms in total.